The standard InChI is InChI=1S/C21H32ClN5O3/c1-24-21(29)19(13-3-7-25-8-4-13)27-9-5-14(6-10-27)26-20(28)15-11-16(22)17(23)12-18(15)30-2/h11-14,19,25H,3-10,23H2,1-2H3,(H,24,29)(H,26,28). The van der Waals surface area contributed by atoms with E-state index in [9.17, 15) is 9.59 Å². The number of hydrogen-bond donors (Lipinski definition) is 4. The van der Waals surface area contributed by atoms with Gasteiger partial charge in [0.15, 0.2) is 0 Å². The van der Waals surface area contributed by atoms with Gasteiger partial charge in [-0.05, 0) is 50.8 Å². The minimum Gasteiger partial charge on any atom is -0.496 e. The average molecular weight is 438 g/mol. The normalized spacial score (nSPS) is 19.8. The molecule has 2 aliphatic rings. The van der Waals surface area contributed by atoms with Gasteiger partial charge in [-0.3, -0.25) is 14.5 Å². The third kappa shape index (κ3) is 5.17. The van der Waals surface area contributed by atoms with E-state index in [1.54, 1.807) is 19.2 Å². The third-order valence-corrected chi connectivity index (χ3v) is 6.49. The quantitative estimate of drug-likeness (QED) is 0.498. The minimum absolute atomic E-state index is 0.0353. The molecule has 0 aromatic heterocycles. The molecular weight excluding hydrogens is 406 g/mol. The lowest BCUT2D eigenvalue weighted by molar-refractivity contribution is -0.129. The highest BCUT2D eigenvalue weighted by atomic mass is 35.5. The number of halogens is 1. The van der Waals surface area contributed by atoms with Gasteiger partial charge in [-0.2, -0.15) is 0 Å². The maximum absolute atomic E-state index is 12.8. The number of methoxy groups -OCH3 is 1. The van der Waals surface area contributed by atoms with Crippen molar-refractivity contribution in [3.05, 3.63) is 22.7 Å². The fraction of sp³-hybridized carbons (Fsp3) is 0.619. The fourth-order valence-corrected chi connectivity index (χ4v) is 4.65. The van der Waals surface area contributed by atoms with Crippen molar-refractivity contribution in [1.29, 1.82) is 0 Å². The molecule has 5 N–H and O–H groups in total. The maximum atomic E-state index is 12.8. The zero-order valence-corrected chi connectivity index (χ0v) is 18.4. The molecule has 1 aromatic carbocycles. The van der Waals surface area contributed by atoms with Crippen molar-refractivity contribution in [3.63, 3.8) is 0 Å². The number of amides is 2. The van der Waals surface area contributed by atoms with E-state index in [0.29, 0.717) is 27.9 Å². The van der Waals surface area contributed by atoms with Crippen LogP contribution in [0.25, 0.3) is 0 Å². The van der Waals surface area contributed by atoms with Gasteiger partial charge >= 0.3 is 0 Å². The van der Waals surface area contributed by atoms with Crippen LogP contribution in [0.3, 0.4) is 0 Å². The van der Waals surface area contributed by atoms with Crippen molar-refractivity contribution in [2.24, 2.45) is 5.92 Å². The summed E-state index contributed by atoms with van der Waals surface area (Å²) >= 11 is 6.09. The topological polar surface area (TPSA) is 109 Å². The molecule has 1 aromatic rings. The van der Waals surface area contributed by atoms with E-state index in [4.69, 9.17) is 22.1 Å². The van der Waals surface area contributed by atoms with Crippen LogP contribution >= 0.6 is 11.6 Å². The summed E-state index contributed by atoms with van der Waals surface area (Å²) in [6.45, 7) is 3.45. The molecule has 9 heteroatoms. The molecule has 0 radical (unpaired) electrons. The number of hydrogen-bond acceptors (Lipinski definition) is 6. The molecule has 166 valence electrons. The lowest BCUT2D eigenvalue weighted by Crippen LogP contribution is -2.56. The Morgan fingerprint density at radius 1 is 1.23 bits per heavy atom. The number of likely N-dealkylation sites (tertiary alicyclic amines) is 1. The van der Waals surface area contributed by atoms with E-state index in [1.165, 1.54) is 7.11 Å². The van der Waals surface area contributed by atoms with Gasteiger partial charge in [-0.1, -0.05) is 11.6 Å². The summed E-state index contributed by atoms with van der Waals surface area (Å²) < 4.78 is 5.29. The lowest BCUT2D eigenvalue weighted by atomic mass is 9.87. The van der Waals surface area contributed by atoms with Crippen molar-refractivity contribution < 1.29 is 14.3 Å². The van der Waals surface area contributed by atoms with Crippen LogP contribution in [0.5, 0.6) is 5.75 Å². The summed E-state index contributed by atoms with van der Waals surface area (Å²) in [5.41, 5.74) is 6.55. The summed E-state index contributed by atoms with van der Waals surface area (Å²) in [4.78, 5) is 27.7. The number of ether oxygens (including phenoxy) is 1. The summed E-state index contributed by atoms with van der Waals surface area (Å²) in [6.07, 6.45) is 3.59. The first-order valence-corrected chi connectivity index (χ1v) is 10.9. The van der Waals surface area contributed by atoms with Crippen LogP contribution in [0.15, 0.2) is 12.1 Å². The lowest BCUT2D eigenvalue weighted by Gasteiger charge is -2.41. The molecule has 0 aliphatic carbocycles. The van der Waals surface area contributed by atoms with Crippen molar-refractivity contribution in [2.45, 2.75) is 37.8 Å². The number of nitrogens with one attached hydrogen (secondary N) is 3. The molecule has 2 amide bonds. The molecule has 0 bridgehead atoms. The van der Waals surface area contributed by atoms with Crippen molar-refractivity contribution in [3.8, 4) is 5.75 Å². The van der Waals surface area contributed by atoms with Crippen LogP contribution < -0.4 is 26.4 Å². The van der Waals surface area contributed by atoms with Gasteiger partial charge in [-0.25, -0.2) is 0 Å². The van der Waals surface area contributed by atoms with Crippen LogP contribution in [-0.4, -0.2) is 69.1 Å². The Balaban J connectivity index is 1.61. The van der Waals surface area contributed by atoms with E-state index in [1.807, 2.05) is 0 Å². The van der Waals surface area contributed by atoms with E-state index in [0.717, 1.165) is 51.9 Å². The average Bonchev–Trinajstić information content (AvgIpc) is 2.77. The Kier molecular flexibility index (Phi) is 7.80. The highest BCUT2D eigenvalue weighted by molar-refractivity contribution is 6.33. The molecule has 0 saturated carbocycles. The summed E-state index contributed by atoms with van der Waals surface area (Å²) in [5.74, 6) is 0.620. The van der Waals surface area contributed by atoms with Crippen LogP contribution in [-0.2, 0) is 4.79 Å². The van der Waals surface area contributed by atoms with Crippen LogP contribution in [0.2, 0.25) is 5.02 Å². The molecule has 8 nitrogen and oxygen atoms in total. The molecule has 30 heavy (non-hydrogen) atoms. The number of likely N-dealkylation sites (N-methyl/N-ethyl adjacent to an activating group) is 1. The SMILES string of the molecule is CNC(=O)C(C1CCNCC1)N1CCC(NC(=O)c2cc(Cl)c(N)cc2OC)CC1. The minimum atomic E-state index is -0.228. The molecule has 3 rings (SSSR count). The smallest absolute Gasteiger partial charge is 0.255 e. The molecule has 1 unspecified atom stereocenters. The van der Waals surface area contributed by atoms with Gasteiger partial charge in [0, 0.05) is 32.2 Å². The predicted molar refractivity (Wildman–Crippen MR) is 118 cm³/mol. The fourth-order valence-electron chi connectivity index (χ4n) is 4.49. The second-order valence-corrected chi connectivity index (χ2v) is 8.41. The molecule has 2 heterocycles. The van der Waals surface area contributed by atoms with Gasteiger partial charge < -0.3 is 26.4 Å². The largest absolute Gasteiger partial charge is 0.496 e. The summed E-state index contributed by atoms with van der Waals surface area (Å²) in [6, 6.07) is 3.03. The van der Waals surface area contributed by atoms with Gasteiger partial charge in [-0.15, -0.1) is 0 Å². The van der Waals surface area contributed by atoms with Gasteiger partial charge in [0.1, 0.15) is 5.75 Å². The highest BCUT2D eigenvalue weighted by Gasteiger charge is 2.36. The first-order valence-electron chi connectivity index (χ1n) is 10.5. The van der Waals surface area contributed by atoms with Crippen LogP contribution in [0.4, 0.5) is 5.69 Å². The number of carbonyl (C=O) groups is 2. The monoisotopic (exact) mass is 437 g/mol. The molecule has 2 saturated heterocycles. The van der Waals surface area contributed by atoms with Gasteiger partial charge in [0.05, 0.1) is 29.4 Å². The second kappa shape index (κ2) is 10.3. The Bertz CT molecular complexity index is 761. The summed E-state index contributed by atoms with van der Waals surface area (Å²) in [5, 5.41) is 9.61. The van der Waals surface area contributed by atoms with Crippen molar-refractivity contribution in [2.75, 3.05) is 46.1 Å². The number of carbonyl (C=O) groups excluding carboxylic acids is 2. The van der Waals surface area contributed by atoms with Crippen LogP contribution in [0, 0.1) is 5.92 Å². The first-order chi connectivity index (χ1) is 14.4. The molecule has 2 fully saturated rings. The number of nitrogen functional groups attached to an aromatic ring is 1. The Morgan fingerprint density at radius 2 is 1.90 bits per heavy atom. The van der Waals surface area contributed by atoms with E-state index in [2.05, 4.69) is 20.9 Å². The van der Waals surface area contributed by atoms with E-state index >= 15 is 0 Å². The first kappa shape index (κ1) is 22.7. The zero-order valence-electron chi connectivity index (χ0n) is 17.7. The van der Waals surface area contributed by atoms with Gasteiger partial charge in [0.2, 0.25) is 5.91 Å². The number of benzene rings is 1. The van der Waals surface area contributed by atoms with E-state index < -0.39 is 0 Å². The highest BCUT2D eigenvalue weighted by Crippen LogP contribution is 2.29. The number of anilines is 1. The molecule has 0 spiro atoms. The number of piperidine rings is 2. The number of rotatable bonds is 6. The van der Waals surface area contributed by atoms with Crippen LogP contribution in [0.1, 0.15) is 36.0 Å². The molecular formula is C21H32ClN5O3. The number of nitrogens with two attached hydrogens (primary N) is 1. The Labute approximate surface area is 182 Å². The second-order valence-electron chi connectivity index (χ2n) is 8.00. The van der Waals surface area contributed by atoms with Gasteiger partial charge in [0.25, 0.3) is 5.91 Å². The molecule has 1 atom stereocenters. The zero-order chi connectivity index (χ0) is 21.7. The Hall–Kier alpha value is -2.03. The Morgan fingerprint density at radius 3 is 2.50 bits per heavy atom. The van der Waals surface area contributed by atoms with E-state index in [-0.39, 0.29) is 23.9 Å². The maximum Gasteiger partial charge on any atom is 0.255 e. The summed E-state index contributed by atoms with van der Waals surface area (Å²) in [7, 11) is 3.20. The predicted octanol–water partition coefficient (Wildman–Crippen LogP) is 1.24. The van der Waals surface area contributed by atoms with Crippen molar-refractivity contribution in [1.82, 2.24) is 20.9 Å². The van der Waals surface area contributed by atoms with Crippen molar-refractivity contribution >= 4 is 29.1 Å². The molecule has 2 aliphatic heterocycles. The number of nitrogens with zero attached hydrogens (tertiary/aromatic N) is 1. The third-order valence-electron chi connectivity index (χ3n) is 6.17.